The molecule has 1 amide bonds. The lowest BCUT2D eigenvalue weighted by Crippen LogP contribution is -2.13. The van der Waals surface area contributed by atoms with Crippen LogP contribution in [-0.4, -0.2) is 15.9 Å². The Morgan fingerprint density at radius 3 is 2.39 bits per heavy atom. The second-order valence-corrected chi connectivity index (χ2v) is 4.29. The number of aryl methyl sites for hydroxylation is 3. The van der Waals surface area contributed by atoms with Gasteiger partial charge in [-0.15, -0.1) is 0 Å². The van der Waals surface area contributed by atoms with E-state index in [9.17, 15) is 4.79 Å². The standard InChI is InChI=1S/C14H15N3O/c1-9-4-5-13(10(2)6-9)17-14(18)12-7-15-11(3)16-8-12/h4-8H,1-3H3,(H,17,18). The fourth-order valence-electron chi connectivity index (χ4n) is 1.66. The van der Waals surface area contributed by atoms with Crippen LogP contribution in [-0.2, 0) is 0 Å². The maximum atomic E-state index is 12.0. The largest absolute Gasteiger partial charge is 0.322 e. The first-order valence-electron chi connectivity index (χ1n) is 5.73. The van der Waals surface area contributed by atoms with Gasteiger partial charge in [-0.1, -0.05) is 17.7 Å². The molecule has 0 fully saturated rings. The van der Waals surface area contributed by atoms with Crippen LogP contribution >= 0.6 is 0 Å². The molecule has 0 saturated heterocycles. The maximum Gasteiger partial charge on any atom is 0.258 e. The van der Waals surface area contributed by atoms with Gasteiger partial charge in [0.25, 0.3) is 5.91 Å². The maximum absolute atomic E-state index is 12.0. The second-order valence-electron chi connectivity index (χ2n) is 4.29. The average Bonchev–Trinajstić information content (AvgIpc) is 2.33. The molecule has 0 spiro atoms. The van der Waals surface area contributed by atoms with E-state index in [4.69, 9.17) is 0 Å². The summed E-state index contributed by atoms with van der Waals surface area (Å²) >= 11 is 0. The first-order valence-corrected chi connectivity index (χ1v) is 5.73. The highest BCUT2D eigenvalue weighted by atomic mass is 16.1. The molecule has 0 unspecified atom stereocenters. The first-order chi connectivity index (χ1) is 8.56. The van der Waals surface area contributed by atoms with Gasteiger partial charge in [-0.3, -0.25) is 4.79 Å². The third-order valence-electron chi connectivity index (χ3n) is 2.67. The van der Waals surface area contributed by atoms with Crippen molar-refractivity contribution in [2.24, 2.45) is 0 Å². The van der Waals surface area contributed by atoms with E-state index >= 15 is 0 Å². The van der Waals surface area contributed by atoms with E-state index in [0.717, 1.165) is 11.3 Å². The summed E-state index contributed by atoms with van der Waals surface area (Å²) < 4.78 is 0. The summed E-state index contributed by atoms with van der Waals surface area (Å²) in [6.07, 6.45) is 3.06. The Morgan fingerprint density at radius 1 is 1.11 bits per heavy atom. The van der Waals surface area contributed by atoms with Gasteiger partial charge in [0, 0.05) is 18.1 Å². The zero-order valence-corrected chi connectivity index (χ0v) is 10.7. The van der Waals surface area contributed by atoms with E-state index in [1.165, 1.54) is 18.0 Å². The van der Waals surface area contributed by atoms with Crippen LogP contribution in [0.4, 0.5) is 5.69 Å². The molecular formula is C14H15N3O. The summed E-state index contributed by atoms with van der Waals surface area (Å²) in [6, 6.07) is 5.90. The number of aromatic nitrogens is 2. The summed E-state index contributed by atoms with van der Waals surface area (Å²) in [4.78, 5) is 20.0. The van der Waals surface area contributed by atoms with Crippen molar-refractivity contribution in [1.29, 1.82) is 0 Å². The molecule has 0 aliphatic carbocycles. The predicted molar refractivity (Wildman–Crippen MR) is 70.6 cm³/mol. The molecule has 1 aromatic heterocycles. The van der Waals surface area contributed by atoms with Crippen LogP contribution in [0, 0.1) is 20.8 Å². The van der Waals surface area contributed by atoms with Crippen molar-refractivity contribution in [3.05, 3.63) is 53.1 Å². The fourth-order valence-corrected chi connectivity index (χ4v) is 1.66. The van der Waals surface area contributed by atoms with Gasteiger partial charge in [0.15, 0.2) is 0 Å². The Labute approximate surface area is 106 Å². The first kappa shape index (κ1) is 12.2. The van der Waals surface area contributed by atoms with E-state index < -0.39 is 0 Å². The molecule has 2 rings (SSSR count). The molecule has 2 aromatic rings. The van der Waals surface area contributed by atoms with Crippen LogP contribution in [0.3, 0.4) is 0 Å². The highest BCUT2D eigenvalue weighted by molar-refractivity contribution is 6.04. The summed E-state index contributed by atoms with van der Waals surface area (Å²) in [6.45, 7) is 5.77. The molecule has 0 atom stereocenters. The van der Waals surface area contributed by atoms with Crippen LogP contribution in [0.2, 0.25) is 0 Å². The number of benzene rings is 1. The molecule has 0 aliphatic heterocycles. The van der Waals surface area contributed by atoms with E-state index in [1.807, 2.05) is 32.0 Å². The zero-order valence-electron chi connectivity index (χ0n) is 10.7. The number of anilines is 1. The van der Waals surface area contributed by atoms with Crippen molar-refractivity contribution in [3.63, 3.8) is 0 Å². The highest BCUT2D eigenvalue weighted by Crippen LogP contribution is 2.16. The van der Waals surface area contributed by atoms with Crippen LogP contribution in [0.1, 0.15) is 27.3 Å². The molecule has 4 heteroatoms. The minimum absolute atomic E-state index is 0.193. The Morgan fingerprint density at radius 2 is 1.78 bits per heavy atom. The molecule has 92 valence electrons. The normalized spacial score (nSPS) is 10.2. The van der Waals surface area contributed by atoms with Crippen molar-refractivity contribution in [1.82, 2.24) is 9.97 Å². The number of nitrogens with zero attached hydrogens (tertiary/aromatic N) is 2. The van der Waals surface area contributed by atoms with Gasteiger partial charge in [-0.25, -0.2) is 9.97 Å². The number of rotatable bonds is 2. The highest BCUT2D eigenvalue weighted by Gasteiger charge is 2.08. The third kappa shape index (κ3) is 2.71. The van der Waals surface area contributed by atoms with Gasteiger partial charge in [0.1, 0.15) is 5.82 Å². The lowest BCUT2D eigenvalue weighted by molar-refractivity contribution is 0.102. The molecule has 0 aliphatic rings. The lowest BCUT2D eigenvalue weighted by Gasteiger charge is -2.08. The SMILES string of the molecule is Cc1ccc(NC(=O)c2cnc(C)nc2)c(C)c1. The molecule has 0 radical (unpaired) electrons. The fraction of sp³-hybridized carbons (Fsp3) is 0.214. The van der Waals surface area contributed by atoms with Crippen LogP contribution in [0.15, 0.2) is 30.6 Å². The Bertz CT molecular complexity index is 576. The van der Waals surface area contributed by atoms with Crippen LogP contribution in [0.25, 0.3) is 0 Å². The van der Waals surface area contributed by atoms with Crippen molar-refractivity contribution >= 4 is 11.6 Å². The van der Waals surface area contributed by atoms with E-state index in [0.29, 0.717) is 11.4 Å². The molecule has 1 heterocycles. The molecule has 1 N–H and O–H groups in total. The number of carbonyl (C=O) groups is 1. The van der Waals surface area contributed by atoms with Crippen molar-refractivity contribution in [2.45, 2.75) is 20.8 Å². The smallest absolute Gasteiger partial charge is 0.258 e. The van der Waals surface area contributed by atoms with E-state index in [1.54, 1.807) is 6.92 Å². The molecule has 0 bridgehead atoms. The van der Waals surface area contributed by atoms with Crippen molar-refractivity contribution in [3.8, 4) is 0 Å². The minimum Gasteiger partial charge on any atom is -0.322 e. The Balaban J connectivity index is 2.18. The number of amides is 1. The summed E-state index contributed by atoms with van der Waals surface area (Å²) in [5, 5.41) is 2.85. The molecule has 0 saturated carbocycles. The average molecular weight is 241 g/mol. The zero-order chi connectivity index (χ0) is 13.1. The quantitative estimate of drug-likeness (QED) is 0.879. The number of hydrogen-bond donors (Lipinski definition) is 1. The van der Waals surface area contributed by atoms with Crippen molar-refractivity contribution < 1.29 is 4.79 Å². The lowest BCUT2D eigenvalue weighted by atomic mass is 10.1. The summed E-state index contributed by atoms with van der Waals surface area (Å²) in [7, 11) is 0. The van der Waals surface area contributed by atoms with E-state index in [2.05, 4.69) is 15.3 Å². The van der Waals surface area contributed by atoms with E-state index in [-0.39, 0.29) is 5.91 Å². The minimum atomic E-state index is -0.193. The van der Waals surface area contributed by atoms with Crippen LogP contribution < -0.4 is 5.32 Å². The predicted octanol–water partition coefficient (Wildman–Crippen LogP) is 2.65. The van der Waals surface area contributed by atoms with Gasteiger partial charge in [-0.2, -0.15) is 0 Å². The monoisotopic (exact) mass is 241 g/mol. The molecular weight excluding hydrogens is 226 g/mol. The third-order valence-corrected chi connectivity index (χ3v) is 2.67. The topological polar surface area (TPSA) is 54.9 Å². The van der Waals surface area contributed by atoms with Crippen LogP contribution in [0.5, 0.6) is 0 Å². The molecule has 4 nitrogen and oxygen atoms in total. The number of nitrogens with one attached hydrogen (secondary N) is 1. The Kier molecular flexibility index (Phi) is 3.37. The van der Waals surface area contributed by atoms with Gasteiger partial charge < -0.3 is 5.32 Å². The van der Waals surface area contributed by atoms with Crippen molar-refractivity contribution in [2.75, 3.05) is 5.32 Å². The summed E-state index contributed by atoms with van der Waals surface area (Å²) in [5.41, 5.74) is 3.48. The van der Waals surface area contributed by atoms with Gasteiger partial charge in [0.05, 0.1) is 5.56 Å². The van der Waals surface area contributed by atoms with Gasteiger partial charge >= 0.3 is 0 Å². The molecule has 1 aromatic carbocycles. The van der Waals surface area contributed by atoms with Gasteiger partial charge in [0.2, 0.25) is 0 Å². The number of hydrogen-bond acceptors (Lipinski definition) is 3. The summed E-state index contributed by atoms with van der Waals surface area (Å²) in [5.74, 6) is 0.458. The second kappa shape index (κ2) is 4.96. The molecule has 18 heavy (non-hydrogen) atoms. The van der Waals surface area contributed by atoms with Gasteiger partial charge in [-0.05, 0) is 32.4 Å². The number of carbonyl (C=O) groups excluding carboxylic acids is 1. The Hall–Kier alpha value is -2.23.